The van der Waals surface area contributed by atoms with Gasteiger partial charge in [0.1, 0.15) is 5.01 Å². The van der Waals surface area contributed by atoms with Crippen molar-refractivity contribution in [2.75, 3.05) is 0 Å². The molecule has 5 aromatic rings. The lowest BCUT2D eigenvalue weighted by Gasteiger charge is -2.03. The first kappa shape index (κ1) is 16.0. The molecule has 1 N–H and O–H groups in total. The van der Waals surface area contributed by atoms with Gasteiger partial charge in [0.15, 0.2) is 0 Å². The van der Waals surface area contributed by atoms with Gasteiger partial charge in [-0.1, -0.05) is 72.8 Å². The SMILES string of the molecule is Cc1[nH]c2ccccc2c1-c1nc(-c2ccc(-c3ccccc3)cc2)cs1. The lowest BCUT2D eigenvalue weighted by molar-refractivity contribution is 1.29. The Kier molecular flexibility index (Phi) is 3.88. The van der Waals surface area contributed by atoms with Gasteiger partial charge in [-0.15, -0.1) is 11.3 Å². The molecule has 27 heavy (non-hydrogen) atoms. The van der Waals surface area contributed by atoms with Crippen LogP contribution < -0.4 is 0 Å². The van der Waals surface area contributed by atoms with E-state index in [1.54, 1.807) is 11.3 Å². The Balaban J connectivity index is 1.51. The van der Waals surface area contributed by atoms with Gasteiger partial charge in [-0.3, -0.25) is 0 Å². The summed E-state index contributed by atoms with van der Waals surface area (Å²) in [7, 11) is 0. The number of thiazole rings is 1. The molecule has 0 amide bonds. The van der Waals surface area contributed by atoms with Gasteiger partial charge < -0.3 is 4.98 Å². The van der Waals surface area contributed by atoms with Crippen molar-refractivity contribution in [2.24, 2.45) is 0 Å². The van der Waals surface area contributed by atoms with Gasteiger partial charge in [0.05, 0.1) is 5.69 Å². The molecule has 0 atom stereocenters. The van der Waals surface area contributed by atoms with E-state index in [0.29, 0.717) is 0 Å². The first-order chi connectivity index (χ1) is 13.3. The minimum Gasteiger partial charge on any atom is -0.358 e. The molecule has 3 heteroatoms. The van der Waals surface area contributed by atoms with Crippen molar-refractivity contribution in [1.82, 2.24) is 9.97 Å². The standard InChI is InChI=1S/C24H18N2S/c1-16-23(20-9-5-6-10-21(20)25-16)24-26-22(15-27-24)19-13-11-18(12-14-19)17-7-3-2-4-8-17/h2-15,25H,1H3. The molecular formula is C24H18N2S. The highest BCUT2D eigenvalue weighted by atomic mass is 32.1. The molecule has 2 nitrogen and oxygen atoms in total. The summed E-state index contributed by atoms with van der Waals surface area (Å²) in [4.78, 5) is 8.40. The Morgan fingerprint density at radius 3 is 2.22 bits per heavy atom. The average Bonchev–Trinajstić information content (AvgIpc) is 3.32. The van der Waals surface area contributed by atoms with Crippen molar-refractivity contribution in [3.63, 3.8) is 0 Å². The third kappa shape index (κ3) is 2.86. The van der Waals surface area contributed by atoms with Gasteiger partial charge in [0.25, 0.3) is 0 Å². The van der Waals surface area contributed by atoms with E-state index in [4.69, 9.17) is 4.98 Å². The number of aromatic amines is 1. The molecular weight excluding hydrogens is 348 g/mol. The van der Waals surface area contributed by atoms with Crippen LogP contribution in [0.3, 0.4) is 0 Å². The summed E-state index contributed by atoms with van der Waals surface area (Å²) in [6.45, 7) is 2.12. The largest absolute Gasteiger partial charge is 0.358 e. The van der Waals surface area contributed by atoms with E-state index in [0.717, 1.165) is 27.5 Å². The maximum Gasteiger partial charge on any atom is 0.126 e. The van der Waals surface area contributed by atoms with Gasteiger partial charge in [-0.25, -0.2) is 4.98 Å². The van der Waals surface area contributed by atoms with Gasteiger partial charge in [-0.2, -0.15) is 0 Å². The Hall–Kier alpha value is -3.17. The first-order valence-electron chi connectivity index (χ1n) is 8.99. The zero-order chi connectivity index (χ0) is 18.2. The van der Waals surface area contributed by atoms with Gasteiger partial charge in [0.2, 0.25) is 0 Å². The Morgan fingerprint density at radius 2 is 1.41 bits per heavy atom. The summed E-state index contributed by atoms with van der Waals surface area (Å²) in [5.41, 5.74) is 8.17. The maximum absolute atomic E-state index is 4.93. The van der Waals surface area contributed by atoms with Crippen LogP contribution in [-0.2, 0) is 0 Å². The van der Waals surface area contributed by atoms with Crippen molar-refractivity contribution in [2.45, 2.75) is 6.92 Å². The summed E-state index contributed by atoms with van der Waals surface area (Å²) < 4.78 is 0. The molecule has 2 heterocycles. The molecule has 0 aliphatic heterocycles. The van der Waals surface area contributed by atoms with Gasteiger partial charge >= 0.3 is 0 Å². The number of hydrogen-bond acceptors (Lipinski definition) is 2. The number of fused-ring (bicyclic) bond motifs is 1. The van der Waals surface area contributed by atoms with E-state index in [1.807, 2.05) is 6.07 Å². The van der Waals surface area contributed by atoms with Crippen LogP contribution in [0, 0.1) is 6.92 Å². The number of aryl methyl sites for hydroxylation is 1. The van der Waals surface area contributed by atoms with Crippen LogP contribution >= 0.6 is 11.3 Å². The minimum absolute atomic E-state index is 1.03. The summed E-state index contributed by atoms with van der Waals surface area (Å²) in [6.07, 6.45) is 0. The normalized spacial score (nSPS) is 11.1. The molecule has 130 valence electrons. The number of para-hydroxylation sites is 1. The van der Waals surface area contributed by atoms with Crippen molar-refractivity contribution < 1.29 is 0 Å². The highest BCUT2D eigenvalue weighted by Gasteiger charge is 2.14. The van der Waals surface area contributed by atoms with Crippen LogP contribution in [0.4, 0.5) is 0 Å². The monoisotopic (exact) mass is 366 g/mol. The summed E-state index contributed by atoms with van der Waals surface area (Å²) in [5, 5.41) is 4.44. The Labute approximate surface area is 162 Å². The number of rotatable bonds is 3. The fourth-order valence-corrected chi connectivity index (χ4v) is 4.48. The summed E-state index contributed by atoms with van der Waals surface area (Å²) in [5.74, 6) is 0. The predicted molar refractivity (Wildman–Crippen MR) is 115 cm³/mol. The number of nitrogens with zero attached hydrogens (tertiary/aromatic N) is 1. The lowest BCUT2D eigenvalue weighted by atomic mass is 10.0. The first-order valence-corrected chi connectivity index (χ1v) is 9.86. The van der Waals surface area contributed by atoms with Crippen molar-refractivity contribution >= 4 is 22.2 Å². The van der Waals surface area contributed by atoms with Gasteiger partial charge in [-0.05, 0) is 24.1 Å². The molecule has 0 saturated heterocycles. The molecule has 0 aliphatic carbocycles. The molecule has 0 bridgehead atoms. The van der Waals surface area contributed by atoms with Crippen LogP contribution in [0.5, 0.6) is 0 Å². The second-order valence-corrected chi connectivity index (χ2v) is 7.51. The summed E-state index contributed by atoms with van der Waals surface area (Å²) in [6, 6.07) is 27.5. The number of benzene rings is 3. The van der Waals surface area contributed by atoms with E-state index >= 15 is 0 Å². The predicted octanol–water partition coefficient (Wildman–Crippen LogP) is 6.93. The molecule has 0 saturated carbocycles. The second kappa shape index (κ2) is 6.53. The third-order valence-electron chi connectivity index (χ3n) is 4.90. The molecule has 0 unspecified atom stereocenters. The molecule has 0 spiro atoms. The Morgan fingerprint density at radius 1 is 0.741 bits per heavy atom. The number of H-pyrrole nitrogens is 1. The number of nitrogens with one attached hydrogen (secondary N) is 1. The van der Waals surface area contributed by atoms with E-state index in [9.17, 15) is 0 Å². The average molecular weight is 366 g/mol. The van der Waals surface area contributed by atoms with Crippen molar-refractivity contribution in [3.05, 3.63) is 89.9 Å². The third-order valence-corrected chi connectivity index (χ3v) is 5.76. The summed E-state index contributed by atoms with van der Waals surface area (Å²) >= 11 is 1.70. The van der Waals surface area contributed by atoms with E-state index in [2.05, 4.69) is 90.1 Å². The molecule has 0 radical (unpaired) electrons. The zero-order valence-electron chi connectivity index (χ0n) is 14.9. The van der Waals surface area contributed by atoms with Crippen LogP contribution in [0.1, 0.15) is 5.69 Å². The Bertz CT molecular complexity index is 1210. The van der Waals surface area contributed by atoms with E-state index in [-0.39, 0.29) is 0 Å². The molecule has 2 aromatic heterocycles. The zero-order valence-corrected chi connectivity index (χ0v) is 15.8. The van der Waals surface area contributed by atoms with Crippen LogP contribution in [0.2, 0.25) is 0 Å². The minimum atomic E-state index is 1.03. The van der Waals surface area contributed by atoms with Crippen molar-refractivity contribution in [3.8, 4) is 33.0 Å². The lowest BCUT2D eigenvalue weighted by Crippen LogP contribution is -1.82. The highest BCUT2D eigenvalue weighted by Crippen LogP contribution is 2.36. The molecule has 3 aromatic carbocycles. The van der Waals surface area contributed by atoms with Crippen LogP contribution in [0.15, 0.2) is 84.2 Å². The van der Waals surface area contributed by atoms with Crippen LogP contribution in [-0.4, -0.2) is 9.97 Å². The maximum atomic E-state index is 4.93. The fraction of sp³-hybridized carbons (Fsp3) is 0.0417. The smallest absolute Gasteiger partial charge is 0.126 e. The van der Waals surface area contributed by atoms with Crippen molar-refractivity contribution in [1.29, 1.82) is 0 Å². The van der Waals surface area contributed by atoms with E-state index < -0.39 is 0 Å². The van der Waals surface area contributed by atoms with Crippen LogP contribution in [0.25, 0.3) is 43.9 Å². The molecule has 0 aliphatic rings. The fourth-order valence-electron chi connectivity index (χ4n) is 3.54. The number of aromatic nitrogens is 2. The highest BCUT2D eigenvalue weighted by molar-refractivity contribution is 7.13. The second-order valence-electron chi connectivity index (χ2n) is 6.65. The molecule has 0 fully saturated rings. The topological polar surface area (TPSA) is 28.7 Å². The van der Waals surface area contributed by atoms with Gasteiger partial charge in [0, 0.05) is 33.1 Å². The number of hydrogen-bond donors (Lipinski definition) is 1. The van der Waals surface area contributed by atoms with E-state index in [1.165, 1.54) is 22.1 Å². The molecule has 5 rings (SSSR count). The quantitative estimate of drug-likeness (QED) is 0.368.